The molecule has 9 heteroatoms. The highest BCUT2D eigenvalue weighted by molar-refractivity contribution is 5.92. The highest BCUT2D eigenvalue weighted by atomic mass is 35.5. The molecular formula is C12H16ClF3N2O3. The van der Waals surface area contributed by atoms with Gasteiger partial charge in [0.15, 0.2) is 5.75 Å². The van der Waals surface area contributed by atoms with Crippen molar-refractivity contribution in [3.8, 4) is 5.75 Å². The summed E-state index contributed by atoms with van der Waals surface area (Å²) in [4.78, 5) is 11.7. The molecule has 0 heterocycles. The molecule has 1 aromatic carbocycles. The summed E-state index contributed by atoms with van der Waals surface area (Å²) >= 11 is 0. The van der Waals surface area contributed by atoms with E-state index in [1.807, 2.05) is 0 Å². The summed E-state index contributed by atoms with van der Waals surface area (Å²) in [6.45, 7) is 0.130. The van der Waals surface area contributed by atoms with Crippen LogP contribution in [0.15, 0.2) is 24.3 Å². The number of amides is 1. The van der Waals surface area contributed by atoms with Gasteiger partial charge in [0.2, 0.25) is 5.91 Å². The normalized spacial score (nSPS) is 12.2. The van der Waals surface area contributed by atoms with Crippen LogP contribution in [0.1, 0.15) is 6.42 Å². The summed E-state index contributed by atoms with van der Waals surface area (Å²) in [5, 5.41) is 2.33. The Kier molecular flexibility index (Phi) is 8.08. The number of hydrogen-bond acceptors (Lipinski definition) is 4. The van der Waals surface area contributed by atoms with Crippen LogP contribution >= 0.6 is 12.4 Å². The fourth-order valence-corrected chi connectivity index (χ4v) is 1.45. The lowest BCUT2D eigenvalue weighted by molar-refractivity contribution is -0.274. The van der Waals surface area contributed by atoms with E-state index in [0.29, 0.717) is 0 Å². The lowest BCUT2D eigenvalue weighted by atomic mass is 10.2. The molecule has 0 fully saturated rings. The maximum atomic E-state index is 12.2. The van der Waals surface area contributed by atoms with Crippen LogP contribution in [0.4, 0.5) is 18.9 Å². The zero-order chi connectivity index (χ0) is 15.2. The average Bonchev–Trinajstić information content (AvgIpc) is 2.36. The van der Waals surface area contributed by atoms with Gasteiger partial charge < -0.3 is 20.5 Å². The van der Waals surface area contributed by atoms with Crippen molar-refractivity contribution in [2.75, 3.05) is 19.0 Å². The Morgan fingerprint density at radius 3 is 2.52 bits per heavy atom. The first-order valence-electron chi connectivity index (χ1n) is 5.73. The van der Waals surface area contributed by atoms with Crippen molar-refractivity contribution in [1.29, 1.82) is 0 Å². The number of halogens is 4. The molecule has 1 aromatic rings. The van der Waals surface area contributed by atoms with Gasteiger partial charge >= 0.3 is 6.36 Å². The first-order chi connectivity index (χ1) is 9.35. The quantitative estimate of drug-likeness (QED) is 0.840. The third-order valence-electron chi connectivity index (χ3n) is 2.40. The Balaban J connectivity index is 0.00000400. The molecule has 1 amide bonds. The topological polar surface area (TPSA) is 73.6 Å². The van der Waals surface area contributed by atoms with Crippen molar-refractivity contribution in [1.82, 2.24) is 0 Å². The summed E-state index contributed by atoms with van der Waals surface area (Å²) in [6, 6.07) is 5.27. The molecule has 0 bridgehead atoms. The molecule has 0 aliphatic carbocycles. The smallest absolute Gasteiger partial charge is 0.404 e. The molecule has 0 aliphatic rings. The van der Waals surface area contributed by atoms with E-state index in [0.717, 1.165) is 6.07 Å². The maximum absolute atomic E-state index is 12.2. The van der Waals surface area contributed by atoms with Crippen molar-refractivity contribution >= 4 is 24.0 Å². The number of para-hydroxylation sites is 2. The standard InChI is InChI=1S/C12H15F3N2O3.ClH/c1-19-8(7-16)6-11(18)17-9-4-2-3-5-10(9)20-12(13,14)15;/h2-5,8H,6-7,16H2,1H3,(H,17,18);1H. The van der Waals surface area contributed by atoms with Gasteiger partial charge in [-0.05, 0) is 12.1 Å². The Labute approximate surface area is 126 Å². The third-order valence-corrected chi connectivity index (χ3v) is 2.40. The van der Waals surface area contributed by atoms with E-state index < -0.39 is 24.1 Å². The van der Waals surface area contributed by atoms with Crippen molar-refractivity contribution in [3.63, 3.8) is 0 Å². The molecule has 0 radical (unpaired) electrons. The summed E-state index contributed by atoms with van der Waals surface area (Å²) in [7, 11) is 1.39. The summed E-state index contributed by atoms with van der Waals surface area (Å²) in [6.07, 6.45) is -5.38. The Hall–Kier alpha value is -1.51. The van der Waals surface area contributed by atoms with Crippen LogP contribution in [0.2, 0.25) is 0 Å². The van der Waals surface area contributed by atoms with Crippen LogP contribution in [-0.4, -0.2) is 32.0 Å². The van der Waals surface area contributed by atoms with Crippen LogP contribution in [0.25, 0.3) is 0 Å². The van der Waals surface area contributed by atoms with E-state index in [9.17, 15) is 18.0 Å². The molecular weight excluding hydrogens is 313 g/mol. The number of benzene rings is 1. The Bertz CT molecular complexity index is 454. The fourth-order valence-electron chi connectivity index (χ4n) is 1.45. The molecule has 120 valence electrons. The van der Waals surface area contributed by atoms with Crippen LogP contribution in [0.5, 0.6) is 5.75 Å². The number of alkyl halides is 3. The number of nitrogens with two attached hydrogens (primary N) is 1. The lowest BCUT2D eigenvalue weighted by Gasteiger charge is -2.15. The number of nitrogens with one attached hydrogen (secondary N) is 1. The maximum Gasteiger partial charge on any atom is 0.573 e. The van der Waals surface area contributed by atoms with E-state index in [1.165, 1.54) is 25.3 Å². The van der Waals surface area contributed by atoms with Crippen LogP contribution in [0, 0.1) is 0 Å². The number of carbonyl (C=O) groups is 1. The molecule has 0 spiro atoms. The van der Waals surface area contributed by atoms with E-state index in [1.54, 1.807) is 0 Å². The van der Waals surface area contributed by atoms with Crippen molar-refractivity contribution in [3.05, 3.63) is 24.3 Å². The summed E-state index contributed by atoms with van der Waals surface area (Å²) in [5.41, 5.74) is 5.29. The molecule has 21 heavy (non-hydrogen) atoms. The predicted molar refractivity (Wildman–Crippen MR) is 73.5 cm³/mol. The molecule has 0 aromatic heterocycles. The fraction of sp³-hybridized carbons (Fsp3) is 0.417. The van der Waals surface area contributed by atoms with Gasteiger partial charge in [-0.25, -0.2) is 0 Å². The minimum Gasteiger partial charge on any atom is -0.404 e. The van der Waals surface area contributed by atoms with Gasteiger partial charge in [-0.1, -0.05) is 12.1 Å². The molecule has 3 N–H and O–H groups in total. The van der Waals surface area contributed by atoms with E-state index in [2.05, 4.69) is 10.1 Å². The largest absolute Gasteiger partial charge is 0.573 e. The number of carbonyl (C=O) groups excluding carboxylic acids is 1. The third kappa shape index (κ3) is 7.16. The highest BCUT2D eigenvalue weighted by Gasteiger charge is 2.32. The molecule has 1 unspecified atom stereocenters. The molecule has 5 nitrogen and oxygen atoms in total. The zero-order valence-corrected chi connectivity index (χ0v) is 12.0. The van der Waals surface area contributed by atoms with Crippen LogP contribution < -0.4 is 15.8 Å². The molecule has 1 atom stereocenters. The van der Waals surface area contributed by atoms with Gasteiger partial charge in [-0.3, -0.25) is 4.79 Å². The van der Waals surface area contributed by atoms with Crippen LogP contribution in [0.3, 0.4) is 0 Å². The predicted octanol–water partition coefficient (Wildman–Crippen LogP) is 2.31. The number of methoxy groups -OCH3 is 1. The van der Waals surface area contributed by atoms with Gasteiger partial charge in [0.1, 0.15) is 0 Å². The Morgan fingerprint density at radius 2 is 2.00 bits per heavy atom. The molecule has 1 rings (SSSR count). The van der Waals surface area contributed by atoms with Crippen molar-refractivity contribution in [2.45, 2.75) is 18.9 Å². The van der Waals surface area contributed by atoms with Gasteiger partial charge in [0, 0.05) is 13.7 Å². The number of ether oxygens (including phenoxy) is 2. The number of hydrogen-bond donors (Lipinski definition) is 2. The summed E-state index contributed by atoms with van der Waals surface area (Å²) in [5.74, 6) is -0.990. The first-order valence-corrected chi connectivity index (χ1v) is 5.73. The van der Waals surface area contributed by atoms with Crippen molar-refractivity contribution in [2.24, 2.45) is 5.73 Å². The first kappa shape index (κ1) is 19.5. The van der Waals surface area contributed by atoms with Gasteiger partial charge in [-0.15, -0.1) is 25.6 Å². The molecule has 0 saturated carbocycles. The van der Waals surface area contributed by atoms with E-state index >= 15 is 0 Å². The minimum absolute atomic E-state index is 0. The average molecular weight is 329 g/mol. The van der Waals surface area contributed by atoms with Gasteiger partial charge in [0.05, 0.1) is 18.2 Å². The number of rotatable bonds is 6. The monoisotopic (exact) mass is 328 g/mol. The van der Waals surface area contributed by atoms with Gasteiger partial charge in [0.25, 0.3) is 0 Å². The summed E-state index contributed by atoms with van der Waals surface area (Å²) < 4.78 is 45.4. The second-order valence-corrected chi connectivity index (χ2v) is 3.89. The minimum atomic E-state index is -4.83. The zero-order valence-electron chi connectivity index (χ0n) is 11.1. The van der Waals surface area contributed by atoms with Crippen LogP contribution in [-0.2, 0) is 9.53 Å². The molecule has 0 saturated heterocycles. The van der Waals surface area contributed by atoms with E-state index in [4.69, 9.17) is 10.5 Å². The SMILES string of the molecule is COC(CN)CC(=O)Nc1ccccc1OC(F)(F)F.Cl. The highest BCUT2D eigenvalue weighted by Crippen LogP contribution is 2.29. The lowest BCUT2D eigenvalue weighted by Crippen LogP contribution is -2.28. The van der Waals surface area contributed by atoms with E-state index in [-0.39, 0.29) is 31.1 Å². The number of anilines is 1. The second kappa shape index (κ2) is 8.71. The van der Waals surface area contributed by atoms with Gasteiger partial charge in [-0.2, -0.15) is 0 Å². The molecule has 0 aliphatic heterocycles. The van der Waals surface area contributed by atoms with Crippen molar-refractivity contribution < 1.29 is 27.4 Å². The second-order valence-electron chi connectivity index (χ2n) is 3.89. The Morgan fingerprint density at radius 1 is 1.38 bits per heavy atom.